The fourth-order valence-electron chi connectivity index (χ4n) is 4.17. The summed E-state index contributed by atoms with van der Waals surface area (Å²) in [5.41, 5.74) is 2.17. The van der Waals surface area contributed by atoms with Crippen LogP contribution in [0.25, 0.3) is 6.08 Å². The molecule has 1 aromatic heterocycles. The number of fused-ring (bicyclic) bond motifs is 1. The lowest BCUT2D eigenvalue weighted by Gasteiger charge is -2.19. The maximum atomic E-state index is 13.2. The maximum Gasteiger partial charge on any atom is 0.254 e. The smallest absolute Gasteiger partial charge is 0.254 e. The zero-order valence-electron chi connectivity index (χ0n) is 17.7. The van der Waals surface area contributed by atoms with Gasteiger partial charge in [0, 0.05) is 22.0 Å². The van der Waals surface area contributed by atoms with Crippen molar-refractivity contribution in [1.29, 1.82) is 0 Å². The van der Waals surface area contributed by atoms with Gasteiger partial charge in [0.15, 0.2) is 9.84 Å². The van der Waals surface area contributed by atoms with Crippen molar-refractivity contribution in [3.8, 4) is 0 Å². The molecular formula is C23H25ClN2O4S2. The maximum absolute atomic E-state index is 13.2. The molecule has 2 N–H and O–H groups in total. The molecule has 1 aromatic carbocycles. The molecule has 2 amide bonds. The van der Waals surface area contributed by atoms with Crippen molar-refractivity contribution >= 4 is 55.7 Å². The van der Waals surface area contributed by atoms with Crippen LogP contribution in [-0.4, -0.2) is 37.8 Å². The molecular weight excluding hydrogens is 468 g/mol. The fourth-order valence-corrected chi connectivity index (χ4v) is 7.46. The molecule has 6 nitrogen and oxygen atoms in total. The summed E-state index contributed by atoms with van der Waals surface area (Å²) in [6.45, 7) is 2.18. The van der Waals surface area contributed by atoms with Crippen LogP contribution in [0.3, 0.4) is 0 Å². The standard InChI is InChI=1S/C23H25ClN2O4S2/c1-14-6-8-17-19(12-14)31-23(21(17)22(28)25-16-10-11-32(29,30)13-16)26-20(27)9-7-15-4-2-3-5-18(15)24/h2-5,7,9,14,16H,6,8,10-13H2,1H3,(H,25,28)(H,26,27)/b9-7+. The van der Waals surface area contributed by atoms with Gasteiger partial charge in [-0.05, 0) is 54.9 Å². The van der Waals surface area contributed by atoms with Crippen LogP contribution in [0.1, 0.15) is 46.1 Å². The lowest BCUT2D eigenvalue weighted by atomic mass is 9.88. The van der Waals surface area contributed by atoms with E-state index >= 15 is 0 Å². The highest BCUT2D eigenvalue weighted by molar-refractivity contribution is 7.91. The number of nitrogens with one attached hydrogen (secondary N) is 2. The van der Waals surface area contributed by atoms with E-state index in [4.69, 9.17) is 11.6 Å². The van der Waals surface area contributed by atoms with Crippen LogP contribution in [0.15, 0.2) is 30.3 Å². The number of amides is 2. The van der Waals surface area contributed by atoms with Gasteiger partial charge in [-0.3, -0.25) is 9.59 Å². The Morgan fingerprint density at radius 1 is 1.22 bits per heavy atom. The second-order valence-corrected chi connectivity index (χ2v) is 12.2. The minimum absolute atomic E-state index is 0.0373. The Morgan fingerprint density at radius 2 is 2.00 bits per heavy atom. The molecule has 0 spiro atoms. The fraction of sp³-hybridized carbons (Fsp3) is 0.391. The lowest BCUT2D eigenvalue weighted by Crippen LogP contribution is -2.36. The Morgan fingerprint density at radius 3 is 2.72 bits per heavy atom. The number of carbonyl (C=O) groups is 2. The highest BCUT2D eigenvalue weighted by atomic mass is 35.5. The van der Waals surface area contributed by atoms with Gasteiger partial charge in [0.05, 0.1) is 17.1 Å². The van der Waals surface area contributed by atoms with Crippen molar-refractivity contribution in [2.45, 2.75) is 38.6 Å². The van der Waals surface area contributed by atoms with Crippen molar-refractivity contribution in [1.82, 2.24) is 5.32 Å². The number of sulfone groups is 1. The summed E-state index contributed by atoms with van der Waals surface area (Å²) in [4.78, 5) is 26.9. The van der Waals surface area contributed by atoms with Crippen molar-refractivity contribution in [3.05, 3.63) is 56.9 Å². The predicted molar refractivity (Wildman–Crippen MR) is 129 cm³/mol. The number of rotatable bonds is 5. The third-order valence-electron chi connectivity index (χ3n) is 5.86. The molecule has 1 fully saturated rings. The van der Waals surface area contributed by atoms with Crippen molar-refractivity contribution in [3.63, 3.8) is 0 Å². The van der Waals surface area contributed by atoms with Crippen LogP contribution >= 0.6 is 22.9 Å². The molecule has 2 heterocycles. The Balaban J connectivity index is 1.56. The van der Waals surface area contributed by atoms with Gasteiger partial charge < -0.3 is 10.6 Å². The molecule has 32 heavy (non-hydrogen) atoms. The second-order valence-electron chi connectivity index (χ2n) is 8.47. The summed E-state index contributed by atoms with van der Waals surface area (Å²) in [6, 6.07) is 6.82. The molecule has 2 atom stereocenters. The van der Waals surface area contributed by atoms with E-state index in [0.29, 0.717) is 27.9 Å². The van der Waals surface area contributed by atoms with Crippen LogP contribution in [-0.2, 0) is 27.5 Å². The lowest BCUT2D eigenvalue weighted by molar-refractivity contribution is -0.111. The number of hydrogen-bond acceptors (Lipinski definition) is 5. The van der Waals surface area contributed by atoms with E-state index in [9.17, 15) is 18.0 Å². The normalized spacial score (nSPS) is 21.9. The first-order valence-corrected chi connectivity index (χ1v) is 13.6. The molecule has 1 aliphatic carbocycles. The summed E-state index contributed by atoms with van der Waals surface area (Å²) >= 11 is 7.58. The molecule has 1 aliphatic heterocycles. The number of hydrogen-bond donors (Lipinski definition) is 2. The van der Waals surface area contributed by atoms with Crippen LogP contribution in [0, 0.1) is 5.92 Å². The van der Waals surface area contributed by atoms with Crippen LogP contribution in [0.5, 0.6) is 0 Å². The monoisotopic (exact) mass is 492 g/mol. The number of anilines is 1. The van der Waals surface area contributed by atoms with E-state index in [1.807, 2.05) is 18.2 Å². The largest absolute Gasteiger partial charge is 0.348 e. The number of carbonyl (C=O) groups excluding carboxylic acids is 2. The van der Waals surface area contributed by atoms with Crippen LogP contribution in [0.2, 0.25) is 5.02 Å². The summed E-state index contributed by atoms with van der Waals surface area (Å²) in [5.74, 6) is -0.0998. The molecule has 0 saturated carbocycles. The molecule has 0 bridgehead atoms. The van der Waals surface area contributed by atoms with Crippen molar-refractivity contribution < 1.29 is 18.0 Å². The second kappa shape index (κ2) is 9.37. The van der Waals surface area contributed by atoms with Gasteiger partial charge in [-0.25, -0.2) is 8.42 Å². The Labute approximate surface area is 197 Å². The third kappa shape index (κ3) is 5.24. The first kappa shape index (κ1) is 23.0. The van der Waals surface area contributed by atoms with E-state index in [1.165, 1.54) is 17.4 Å². The van der Waals surface area contributed by atoms with Gasteiger partial charge in [0.25, 0.3) is 5.91 Å². The van der Waals surface area contributed by atoms with Gasteiger partial charge in [-0.15, -0.1) is 11.3 Å². The van der Waals surface area contributed by atoms with Crippen LogP contribution in [0.4, 0.5) is 5.00 Å². The SMILES string of the molecule is CC1CCc2c(sc(NC(=O)/C=C/c3ccccc3Cl)c2C(=O)NC2CCS(=O)(=O)C2)C1. The number of benzene rings is 1. The zero-order chi connectivity index (χ0) is 22.9. The molecule has 2 aliphatic rings. The van der Waals surface area contributed by atoms with Crippen molar-refractivity contribution in [2.75, 3.05) is 16.8 Å². The Bertz CT molecular complexity index is 1190. The zero-order valence-corrected chi connectivity index (χ0v) is 20.1. The molecule has 2 aromatic rings. The van der Waals surface area contributed by atoms with Crippen LogP contribution < -0.4 is 10.6 Å². The molecule has 0 radical (unpaired) electrons. The highest BCUT2D eigenvalue weighted by Gasteiger charge is 2.32. The van der Waals surface area contributed by atoms with E-state index in [1.54, 1.807) is 12.1 Å². The molecule has 170 valence electrons. The van der Waals surface area contributed by atoms with Gasteiger partial charge in [-0.1, -0.05) is 36.7 Å². The summed E-state index contributed by atoms with van der Waals surface area (Å²) in [5, 5.41) is 6.80. The van der Waals surface area contributed by atoms with Gasteiger partial charge in [0.1, 0.15) is 5.00 Å². The number of halogens is 1. The quantitative estimate of drug-likeness (QED) is 0.615. The van der Waals surface area contributed by atoms with Gasteiger partial charge in [0.2, 0.25) is 5.91 Å². The van der Waals surface area contributed by atoms with E-state index in [2.05, 4.69) is 17.6 Å². The number of thiophene rings is 1. The van der Waals surface area contributed by atoms with Gasteiger partial charge >= 0.3 is 0 Å². The molecule has 9 heteroatoms. The Kier molecular flexibility index (Phi) is 6.74. The summed E-state index contributed by atoms with van der Waals surface area (Å²) in [7, 11) is -3.10. The average Bonchev–Trinajstić information content (AvgIpc) is 3.25. The minimum Gasteiger partial charge on any atom is -0.348 e. The average molecular weight is 493 g/mol. The Hall–Kier alpha value is -2.16. The van der Waals surface area contributed by atoms with E-state index in [0.717, 1.165) is 35.3 Å². The summed E-state index contributed by atoms with van der Waals surface area (Å²) < 4.78 is 23.6. The molecule has 4 rings (SSSR count). The van der Waals surface area contributed by atoms with E-state index in [-0.39, 0.29) is 23.3 Å². The first-order chi connectivity index (χ1) is 15.2. The summed E-state index contributed by atoms with van der Waals surface area (Å²) in [6.07, 6.45) is 6.05. The highest BCUT2D eigenvalue weighted by Crippen LogP contribution is 2.40. The van der Waals surface area contributed by atoms with Crippen molar-refractivity contribution in [2.24, 2.45) is 5.92 Å². The first-order valence-electron chi connectivity index (χ1n) is 10.6. The minimum atomic E-state index is -3.10. The van der Waals surface area contributed by atoms with E-state index < -0.39 is 15.9 Å². The topological polar surface area (TPSA) is 92.3 Å². The molecule has 1 saturated heterocycles. The predicted octanol–water partition coefficient (Wildman–Crippen LogP) is 4.10. The third-order valence-corrected chi connectivity index (χ3v) is 9.14. The van der Waals surface area contributed by atoms with Gasteiger partial charge in [-0.2, -0.15) is 0 Å². The molecule has 2 unspecified atom stereocenters.